The molecule has 694 valence electrons. The van der Waals surface area contributed by atoms with E-state index in [0.29, 0.717) is 94.7 Å². The second-order valence-corrected chi connectivity index (χ2v) is 40.3. The van der Waals surface area contributed by atoms with Crippen molar-refractivity contribution in [3.05, 3.63) is 348 Å². The number of pyridine rings is 3. The van der Waals surface area contributed by atoms with Crippen LogP contribution in [0.4, 0.5) is 13.2 Å². The van der Waals surface area contributed by atoms with Crippen molar-refractivity contribution in [2.75, 3.05) is 6.61 Å². The van der Waals surface area contributed by atoms with Gasteiger partial charge in [-0.1, -0.05) is 177 Å². The highest BCUT2D eigenvalue weighted by molar-refractivity contribution is 7.15. The number of hydrogen-bond acceptors (Lipinski definition) is 18. The molecule has 1 saturated carbocycles. The number of aromatic nitrogens is 12. The van der Waals surface area contributed by atoms with Gasteiger partial charge in [0, 0.05) is 142 Å². The molecule has 0 saturated heterocycles. The Hall–Kier alpha value is -15.3. The normalized spacial score (nSPS) is 23.9. The highest BCUT2D eigenvalue weighted by Gasteiger charge is 2.55. The molecule has 0 bridgehead atoms. The number of halogens is 3. The number of rotatable bonds is 10. The highest BCUT2D eigenvalue weighted by Crippen LogP contribution is 2.58. The Bertz CT molecular complexity index is 7650. The molecule has 0 amide bonds. The first-order valence-corrected chi connectivity index (χ1v) is 48.5. The number of aryl methyl sites for hydroxylation is 2. The van der Waals surface area contributed by atoms with Crippen molar-refractivity contribution in [1.82, 2.24) is 59.8 Å². The van der Waals surface area contributed by atoms with Crippen LogP contribution >= 0.6 is 11.3 Å². The van der Waals surface area contributed by atoms with Gasteiger partial charge in [0.15, 0.2) is 46.4 Å². The molecule has 1 fully saturated rings. The van der Waals surface area contributed by atoms with Crippen LogP contribution in [0.2, 0.25) is 0 Å². The quantitative estimate of drug-likeness (QED) is 0.115. The van der Waals surface area contributed by atoms with Gasteiger partial charge < -0.3 is 23.9 Å². The van der Waals surface area contributed by atoms with E-state index in [1.807, 2.05) is 146 Å². The molecule has 0 N–H and O–H groups in total. The Morgan fingerprint density at radius 3 is 1.25 bits per heavy atom. The van der Waals surface area contributed by atoms with Crippen molar-refractivity contribution in [2.45, 2.75) is 162 Å². The number of fused-ring (bicyclic) bond motifs is 15. The molecule has 140 heavy (non-hydrogen) atoms. The van der Waals surface area contributed by atoms with Gasteiger partial charge in [0.05, 0.1) is 99.4 Å². The minimum atomic E-state index is -0.656. The van der Waals surface area contributed by atoms with Gasteiger partial charge in [-0.15, -0.1) is 11.3 Å². The molecule has 25 heteroatoms. The Morgan fingerprint density at radius 1 is 0.393 bits per heavy atom. The lowest BCUT2D eigenvalue weighted by Gasteiger charge is -2.46. The standard InChI is InChI=1S/2C30H23FN4O.C29H28N4O2.C26H23FN4OS/c1-17-22-14-13-20-26(19-10-4-5-12-23(19)31)34-29(21-11-6-8-18-9-7-15-33-25(18)21)35-28(20)30(22,2)16-24(32-3)27(17)36;1-17-23-12-11-22-26(21-8-4-5-10-24(21)31)34-29(20-9-6-7-18-16-33-14-13-19(18)20)35-28(22)30(23,2)15-25(32-3)27(17)36;1-17-22-12-11-21-26(29(22,2)15-24(30-3)25(17)34)32-27(33-28(21)35-16-18-7-6-8-18)20-13-14-31-23-10-5-4-9-19(20)23;1-13-18-11-10-17-21(16-8-6-7-9-19(16)27)30-25(23-14(2)29-15(3)33-23)31-24(17)26(18,4)12-20(28-5)22(13)32/h4-12,15-17,22H,13-14H2,1-2H3;4-10,13-17,23H,11-12H2,1-2H3;4-5,9-10,13-15,17-18,22H,6-8,11-12,16H2,1-2H3;6-9,12-13,18H,10-11H2,1-4H3/t17-,22-,30-;17-,23-,30-;17-,22-,29-;13-,18-,26-/m1111/s1. The third-order valence-corrected chi connectivity index (χ3v) is 32.2. The molecule has 23 rings (SSSR count). The molecule has 0 spiro atoms. The van der Waals surface area contributed by atoms with Crippen molar-refractivity contribution >= 4 is 67.0 Å². The number of ether oxygens (including phenoxy) is 1. The van der Waals surface area contributed by atoms with E-state index in [-0.39, 0.29) is 111 Å². The summed E-state index contributed by atoms with van der Waals surface area (Å²) in [7, 11) is 0. The van der Waals surface area contributed by atoms with Gasteiger partial charge in [-0.05, 0) is 180 Å². The molecule has 0 unspecified atom stereocenters. The molecule has 8 heterocycles. The van der Waals surface area contributed by atoms with Crippen molar-refractivity contribution < 1.29 is 37.1 Å². The minimum absolute atomic E-state index is 0.00376. The summed E-state index contributed by atoms with van der Waals surface area (Å²) >= 11 is 1.51. The summed E-state index contributed by atoms with van der Waals surface area (Å²) in [6, 6.07) is 47.5. The molecule has 9 aliphatic carbocycles. The summed E-state index contributed by atoms with van der Waals surface area (Å²) in [4.78, 5) is 124. The first kappa shape index (κ1) is 92.4. The van der Waals surface area contributed by atoms with Gasteiger partial charge in [-0.2, -0.15) is 4.98 Å². The van der Waals surface area contributed by atoms with Crippen LogP contribution in [0.1, 0.15) is 156 Å². The van der Waals surface area contributed by atoms with Crippen LogP contribution in [0.15, 0.2) is 230 Å². The fourth-order valence-electron chi connectivity index (χ4n) is 23.6. The van der Waals surface area contributed by atoms with Crippen LogP contribution in [0, 0.1) is 111 Å². The maximum atomic E-state index is 15.1. The van der Waals surface area contributed by atoms with Gasteiger partial charge >= 0.3 is 0 Å². The second kappa shape index (κ2) is 36.6. The Balaban J connectivity index is 0.000000115. The molecule has 8 aromatic heterocycles. The maximum Gasteiger partial charge on any atom is 0.226 e. The van der Waals surface area contributed by atoms with Crippen molar-refractivity contribution in [3.63, 3.8) is 0 Å². The molecule has 6 aromatic carbocycles. The SMILES string of the molecule is [C-]#[N+]C1=C[C@@]2(C)c3nc(-c4cccc5cccnc45)nc(-c4ccccc4F)c3CC[C@@H]2[C@@H](C)C1=O.[C-]#[N+]C1=C[C@@]2(C)c3nc(-c4cccc5cnccc45)nc(-c4ccccc4F)c3CC[C@@H]2[C@@H](C)C1=O.[C-]#[N+]C1=C[C@@]2(C)c3nc(-c4ccnc5ccccc45)nc(OCC4CCC4)c3CC[C@@H]2[C@@H](C)C1=O.[C-]#[N+]C1=C[C@@]2(C)c3nc(-c4sc(C)nc4C)nc(-c4ccccc4F)c3CC[C@@H]2[C@@H](C)C1=O. The monoisotopic (exact) mass is 1870 g/mol. The van der Waals surface area contributed by atoms with E-state index in [9.17, 15) is 23.6 Å². The number of thiazole rings is 1. The molecule has 0 aliphatic heterocycles. The third kappa shape index (κ3) is 15.7. The largest absolute Gasteiger partial charge is 0.477 e. The van der Waals surface area contributed by atoms with Gasteiger partial charge in [0.1, 0.15) is 17.5 Å². The van der Waals surface area contributed by atoms with E-state index in [2.05, 4.69) is 60.1 Å². The minimum Gasteiger partial charge on any atom is -0.477 e. The molecular formula is C115H97F3N16O5S. The van der Waals surface area contributed by atoms with Gasteiger partial charge in [-0.25, -0.2) is 72.4 Å². The van der Waals surface area contributed by atoms with Crippen molar-refractivity contribution in [1.29, 1.82) is 0 Å². The maximum absolute atomic E-state index is 15.1. The van der Waals surface area contributed by atoms with Crippen molar-refractivity contribution in [3.8, 4) is 84.5 Å². The smallest absolute Gasteiger partial charge is 0.226 e. The summed E-state index contributed by atoms with van der Waals surface area (Å²) in [5.74, 6) is 0.896. The molecule has 21 nitrogen and oxygen atoms in total. The fraction of sp³-hybridized carbons (Fsp3) is 0.304. The average molecular weight is 1870 g/mol. The zero-order valence-electron chi connectivity index (χ0n) is 79.1. The number of Topliss-reactive ketones (excluding diaryl/α,β-unsaturated/α-hetero) is 4. The summed E-state index contributed by atoms with van der Waals surface area (Å²) in [5, 5.41) is 4.77. The third-order valence-electron chi connectivity index (χ3n) is 31.1. The van der Waals surface area contributed by atoms with Crippen molar-refractivity contribution in [2.24, 2.45) is 53.3 Å². The Labute approximate surface area is 813 Å². The molecule has 0 radical (unpaired) electrons. The zero-order valence-corrected chi connectivity index (χ0v) is 79.9. The highest BCUT2D eigenvalue weighted by atomic mass is 32.1. The number of para-hydroxylation sites is 2. The first-order valence-electron chi connectivity index (χ1n) is 47.6. The molecule has 12 atom stereocenters. The van der Waals surface area contributed by atoms with Crippen LogP contribution < -0.4 is 4.74 Å². The summed E-state index contributed by atoms with van der Waals surface area (Å²) in [5.41, 5.74) is 13.1. The van der Waals surface area contributed by atoms with E-state index < -0.39 is 21.7 Å². The number of nitrogens with zero attached hydrogens (tertiary/aromatic N) is 16. The molecule has 9 aliphatic rings. The topological polar surface area (TPSA) is 250 Å². The molecular weight excluding hydrogens is 1770 g/mol. The lowest BCUT2D eigenvalue weighted by molar-refractivity contribution is -0.122. The van der Waals surface area contributed by atoms with E-state index in [4.69, 9.17) is 70.9 Å². The van der Waals surface area contributed by atoms with Crippen LogP contribution in [-0.2, 0) is 66.5 Å². The first-order chi connectivity index (χ1) is 67.6. The van der Waals surface area contributed by atoms with Crippen LogP contribution in [0.5, 0.6) is 5.88 Å². The van der Waals surface area contributed by atoms with Crippen LogP contribution in [0.25, 0.3) is 131 Å². The lowest BCUT2D eigenvalue weighted by Crippen LogP contribution is -2.46. The van der Waals surface area contributed by atoms with Gasteiger partial charge in [0.2, 0.25) is 28.7 Å². The lowest BCUT2D eigenvalue weighted by atomic mass is 9.58. The van der Waals surface area contributed by atoms with Gasteiger partial charge in [0.25, 0.3) is 0 Å². The number of carbonyl (C=O) groups excluding carboxylic acids is 4. The van der Waals surface area contributed by atoms with E-state index in [0.717, 1.165) is 142 Å². The van der Waals surface area contributed by atoms with Crippen LogP contribution in [-0.4, -0.2) is 89.5 Å². The number of hydrogen-bond donors (Lipinski definition) is 0. The average Bonchev–Trinajstić information content (AvgIpc) is 1.01. The predicted octanol–water partition coefficient (Wildman–Crippen LogP) is 24.3. The predicted molar refractivity (Wildman–Crippen MR) is 532 cm³/mol. The number of ketones is 4. The number of carbonyl (C=O) groups is 4. The van der Waals surface area contributed by atoms with E-state index in [1.54, 1.807) is 91.5 Å². The van der Waals surface area contributed by atoms with E-state index in [1.165, 1.54) is 48.8 Å². The van der Waals surface area contributed by atoms with Gasteiger partial charge in [-0.3, -0.25) is 15.0 Å². The summed E-state index contributed by atoms with van der Waals surface area (Å²) in [6.07, 6.45) is 23.7. The summed E-state index contributed by atoms with van der Waals surface area (Å²) in [6.45, 7) is 50.9. The number of benzene rings is 6. The Kier molecular flexibility index (Phi) is 24.1. The molecule has 14 aromatic rings. The number of allylic oxidation sites excluding steroid dienone is 8. The fourth-order valence-corrected chi connectivity index (χ4v) is 24.5. The Morgan fingerprint density at radius 2 is 0.793 bits per heavy atom. The zero-order chi connectivity index (χ0) is 97.7. The summed E-state index contributed by atoms with van der Waals surface area (Å²) < 4.78 is 51.6. The van der Waals surface area contributed by atoms with E-state index >= 15 is 8.78 Å². The second-order valence-electron chi connectivity index (χ2n) is 39.1. The van der Waals surface area contributed by atoms with Crippen LogP contribution in [0.3, 0.4) is 0 Å².